The first-order valence-corrected chi connectivity index (χ1v) is 10.7. The molecule has 4 nitrogen and oxygen atoms in total. The van der Waals surface area contributed by atoms with Crippen LogP contribution < -0.4 is 9.47 Å². The number of thiophene rings is 2. The highest BCUT2D eigenvalue weighted by Crippen LogP contribution is 2.48. The summed E-state index contributed by atoms with van der Waals surface area (Å²) in [6.07, 6.45) is 0. The predicted octanol–water partition coefficient (Wildman–Crippen LogP) is 5.62. The van der Waals surface area contributed by atoms with E-state index in [4.69, 9.17) is 9.47 Å². The van der Waals surface area contributed by atoms with Crippen LogP contribution in [0.4, 0.5) is 0 Å². The summed E-state index contributed by atoms with van der Waals surface area (Å²) >= 11 is 3.11. The maximum Gasteiger partial charge on any atom is 0.128 e. The highest BCUT2D eigenvalue weighted by atomic mass is 32.1. The van der Waals surface area contributed by atoms with Crippen LogP contribution in [0.5, 0.6) is 11.5 Å². The van der Waals surface area contributed by atoms with E-state index in [2.05, 4.69) is 0 Å². The highest BCUT2D eigenvalue weighted by Gasteiger charge is 2.27. The van der Waals surface area contributed by atoms with Crippen LogP contribution in [-0.4, -0.2) is 24.4 Å². The van der Waals surface area contributed by atoms with E-state index < -0.39 is 11.2 Å². The van der Waals surface area contributed by atoms with Gasteiger partial charge in [0.05, 0.1) is 25.4 Å². The molecule has 0 saturated heterocycles. The standard InChI is InChI=1S/C22H26O4S2/c1-21(2,23)15-7-9-27-19(15)13-11-18(26-6)14(12-17(13)25-5)20-16(8-10-28-20)22(3,4)24/h7-12,23-24H,1-6H3. The third kappa shape index (κ3) is 3.82. The lowest BCUT2D eigenvalue weighted by Crippen LogP contribution is -2.15. The van der Waals surface area contributed by atoms with Crippen molar-refractivity contribution >= 4 is 22.7 Å². The minimum absolute atomic E-state index is 0.693. The third-order valence-corrected chi connectivity index (χ3v) is 6.55. The smallest absolute Gasteiger partial charge is 0.128 e. The van der Waals surface area contributed by atoms with Crippen molar-refractivity contribution in [2.75, 3.05) is 14.2 Å². The molecule has 0 aliphatic rings. The zero-order chi connectivity index (χ0) is 20.7. The normalized spacial score (nSPS) is 12.3. The fourth-order valence-electron chi connectivity index (χ4n) is 3.25. The molecule has 0 bridgehead atoms. The Morgan fingerprint density at radius 2 is 1.07 bits per heavy atom. The van der Waals surface area contributed by atoms with Gasteiger partial charge in [0.25, 0.3) is 0 Å². The van der Waals surface area contributed by atoms with Gasteiger partial charge in [0.1, 0.15) is 11.5 Å². The minimum Gasteiger partial charge on any atom is -0.496 e. The Morgan fingerprint density at radius 3 is 1.36 bits per heavy atom. The molecule has 3 aromatic rings. The average molecular weight is 419 g/mol. The molecule has 0 saturated carbocycles. The van der Waals surface area contributed by atoms with Crippen LogP contribution in [-0.2, 0) is 11.2 Å². The van der Waals surface area contributed by atoms with Crippen LogP contribution >= 0.6 is 22.7 Å². The van der Waals surface area contributed by atoms with Gasteiger partial charge in [-0.25, -0.2) is 0 Å². The quantitative estimate of drug-likeness (QED) is 0.546. The second-order valence-electron chi connectivity index (χ2n) is 7.70. The van der Waals surface area contributed by atoms with Crippen molar-refractivity contribution in [1.82, 2.24) is 0 Å². The Bertz CT molecular complexity index is 891. The SMILES string of the molecule is COc1cc(-c2sccc2C(C)(C)O)c(OC)cc1-c1sccc1C(C)(C)O. The van der Waals surface area contributed by atoms with E-state index in [0.717, 1.165) is 32.0 Å². The lowest BCUT2D eigenvalue weighted by Gasteiger charge is -2.22. The zero-order valence-electron chi connectivity index (χ0n) is 17.0. The molecule has 0 unspecified atom stereocenters. The molecule has 0 atom stereocenters. The van der Waals surface area contributed by atoms with Crippen LogP contribution in [0, 0.1) is 0 Å². The summed E-state index contributed by atoms with van der Waals surface area (Å²) in [7, 11) is 3.27. The molecule has 0 aliphatic heterocycles. The molecule has 2 N–H and O–H groups in total. The van der Waals surface area contributed by atoms with E-state index in [1.165, 1.54) is 0 Å². The Morgan fingerprint density at radius 1 is 0.714 bits per heavy atom. The van der Waals surface area contributed by atoms with Crippen molar-refractivity contribution in [2.45, 2.75) is 38.9 Å². The van der Waals surface area contributed by atoms with Crippen LogP contribution in [0.2, 0.25) is 0 Å². The Balaban J connectivity index is 2.24. The van der Waals surface area contributed by atoms with Crippen molar-refractivity contribution in [3.8, 4) is 32.4 Å². The lowest BCUT2D eigenvalue weighted by molar-refractivity contribution is 0.0790. The van der Waals surface area contributed by atoms with Gasteiger partial charge in [-0.3, -0.25) is 0 Å². The van der Waals surface area contributed by atoms with Crippen molar-refractivity contribution in [3.63, 3.8) is 0 Å². The topological polar surface area (TPSA) is 58.9 Å². The van der Waals surface area contributed by atoms with E-state index in [1.807, 2.05) is 35.0 Å². The van der Waals surface area contributed by atoms with Gasteiger partial charge in [0.15, 0.2) is 0 Å². The van der Waals surface area contributed by atoms with E-state index in [1.54, 1.807) is 64.6 Å². The second kappa shape index (κ2) is 7.52. The minimum atomic E-state index is -0.964. The number of methoxy groups -OCH3 is 2. The monoisotopic (exact) mass is 418 g/mol. The fourth-order valence-corrected chi connectivity index (χ4v) is 5.39. The van der Waals surface area contributed by atoms with Gasteiger partial charge in [0, 0.05) is 32.0 Å². The summed E-state index contributed by atoms with van der Waals surface area (Å²) in [5.41, 5.74) is 1.51. The van der Waals surface area contributed by atoms with Gasteiger partial charge in [-0.15, -0.1) is 22.7 Å². The number of hydrogen-bond acceptors (Lipinski definition) is 6. The zero-order valence-corrected chi connectivity index (χ0v) is 18.6. The molecule has 2 aromatic heterocycles. The van der Waals surface area contributed by atoms with Gasteiger partial charge in [-0.2, -0.15) is 0 Å². The molecule has 3 rings (SSSR count). The highest BCUT2D eigenvalue weighted by molar-refractivity contribution is 7.14. The van der Waals surface area contributed by atoms with Gasteiger partial charge in [-0.05, 0) is 62.7 Å². The van der Waals surface area contributed by atoms with Crippen LogP contribution in [0.25, 0.3) is 20.9 Å². The molecular formula is C22H26O4S2. The molecule has 0 amide bonds. The van der Waals surface area contributed by atoms with E-state index >= 15 is 0 Å². The molecule has 0 aliphatic carbocycles. The summed E-state index contributed by atoms with van der Waals surface area (Å²) in [6, 6.07) is 7.77. The van der Waals surface area contributed by atoms with E-state index in [0.29, 0.717) is 11.5 Å². The molecule has 1 aromatic carbocycles. The van der Waals surface area contributed by atoms with Crippen LogP contribution in [0.15, 0.2) is 35.0 Å². The summed E-state index contributed by atoms with van der Waals surface area (Å²) < 4.78 is 11.4. The Kier molecular flexibility index (Phi) is 5.60. The third-order valence-electron chi connectivity index (χ3n) is 4.66. The van der Waals surface area contributed by atoms with E-state index in [-0.39, 0.29) is 0 Å². The molecule has 0 radical (unpaired) electrons. The molecular weight excluding hydrogens is 392 g/mol. The number of aliphatic hydroxyl groups is 2. The fraction of sp³-hybridized carbons (Fsp3) is 0.364. The molecule has 6 heteroatoms. The summed E-state index contributed by atoms with van der Waals surface area (Å²) in [5, 5.41) is 25.0. The first kappa shape index (κ1) is 20.9. The summed E-state index contributed by atoms with van der Waals surface area (Å²) in [4.78, 5) is 1.89. The Labute approximate surface area is 174 Å². The number of hydrogen-bond donors (Lipinski definition) is 2. The first-order chi connectivity index (χ1) is 13.1. The number of rotatable bonds is 6. The first-order valence-electron chi connectivity index (χ1n) is 8.95. The molecule has 2 heterocycles. The van der Waals surface area contributed by atoms with Crippen LogP contribution in [0.3, 0.4) is 0 Å². The van der Waals surface area contributed by atoms with E-state index in [9.17, 15) is 10.2 Å². The van der Waals surface area contributed by atoms with Crippen molar-refractivity contribution < 1.29 is 19.7 Å². The average Bonchev–Trinajstić information content (AvgIpc) is 3.28. The Hall–Kier alpha value is -1.86. The molecule has 0 spiro atoms. The van der Waals surface area contributed by atoms with Gasteiger partial charge < -0.3 is 19.7 Å². The lowest BCUT2D eigenvalue weighted by atomic mass is 9.93. The van der Waals surface area contributed by atoms with Gasteiger partial charge in [0.2, 0.25) is 0 Å². The van der Waals surface area contributed by atoms with Crippen molar-refractivity contribution in [3.05, 3.63) is 46.2 Å². The maximum atomic E-state index is 10.5. The van der Waals surface area contributed by atoms with Gasteiger partial charge >= 0.3 is 0 Å². The number of ether oxygens (including phenoxy) is 2. The van der Waals surface area contributed by atoms with Gasteiger partial charge in [-0.1, -0.05) is 0 Å². The van der Waals surface area contributed by atoms with Crippen molar-refractivity contribution in [1.29, 1.82) is 0 Å². The second-order valence-corrected chi connectivity index (χ2v) is 9.53. The molecule has 0 fully saturated rings. The van der Waals surface area contributed by atoms with Crippen molar-refractivity contribution in [2.24, 2.45) is 0 Å². The largest absolute Gasteiger partial charge is 0.496 e. The molecule has 150 valence electrons. The maximum absolute atomic E-state index is 10.5. The number of benzene rings is 1. The summed E-state index contributed by atoms with van der Waals surface area (Å²) in [5.74, 6) is 1.39. The molecule has 28 heavy (non-hydrogen) atoms. The predicted molar refractivity (Wildman–Crippen MR) is 117 cm³/mol. The van der Waals surface area contributed by atoms with Crippen LogP contribution in [0.1, 0.15) is 38.8 Å². The summed E-state index contributed by atoms with van der Waals surface area (Å²) in [6.45, 7) is 7.10.